The van der Waals surface area contributed by atoms with Crippen molar-refractivity contribution < 1.29 is 8.78 Å². The maximum Gasteiger partial charge on any atom is 0.146 e. The first-order valence-electron chi connectivity index (χ1n) is 5.48. The number of halogens is 3. The van der Waals surface area contributed by atoms with Crippen LogP contribution in [0.2, 0.25) is 0 Å². The molecule has 0 saturated carbocycles. The molecule has 0 unspecified atom stereocenters. The van der Waals surface area contributed by atoms with Gasteiger partial charge in [0.1, 0.15) is 34.1 Å². The van der Waals surface area contributed by atoms with Crippen LogP contribution in [0.5, 0.6) is 0 Å². The molecule has 0 aliphatic rings. The molecular weight excluding hydrogens is 318 g/mol. The van der Waals surface area contributed by atoms with Gasteiger partial charge in [0.2, 0.25) is 0 Å². The molecule has 19 heavy (non-hydrogen) atoms. The van der Waals surface area contributed by atoms with E-state index in [1.54, 1.807) is 7.05 Å². The first-order chi connectivity index (χ1) is 9.11. The summed E-state index contributed by atoms with van der Waals surface area (Å²) in [6, 6.07) is 3.46. The lowest BCUT2D eigenvalue weighted by Gasteiger charge is -2.10. The van der Waals surface area contributed by atoms with E-state index >= 15 is 0 Å². The van der Waals surface area contributed by atoms with Gasteiger partial charge in [0.15, 0.2) is 0 Å². The van der Waals surface area contributed by atoms with Crippen molar-refractivity contribution in [1.82, 2.24) is 9.97 Å². The molecule has 0 radical (unpaired) electrons. The summed E-state index contributed by atoms with van der Waals surface area (Å²) in [4.78, 5) is 8.05. The van der Waals surface area contributed by atoms with Crippen molar-refractivity contribution in [3.8, 4) is 0 Å². The molecule has 2 N–H and O–H groups in total. The molecule has 0 saturated heterocycles. The molecule has 2 rings (SSSR count). The van der Waals surface area contributed by atoms with Crippen molar-refractivity contribution in [2.45, 2.75) is 6.54 Å². The fraction of sp³-hybridized carbons (Fsp3) is 0.167. The van der Waals surface area contributed by atoms with Gasteiger partial charge in [-0.15, -0.1) is 0 Å². The van der Waals surface area contributed by atoms with Crippen LogP contribution in [0.1, 0.15) is 5.56 Å². The molecule has 4 nitrogen and oxygen atoms in total. The largest absolute Gasteiger partial charge is 0.372 e. The highest BCUT2D eigenvalue weighted by atomic mass is 79.9. The molecular formula is C12H11BrF2N4. The van der Waals surface area contributed by atoms with Gasteiger partial charge in [-0.25, -0.2) is 18.7 Å². The van der Waals surface area contributed by atoms with Crippen molar-refractivity contribution in [2.24, 2.45) is 0 Å². The molecule has 1 aromatic carbocycles. The zero-order chi connectivity index (χ0) is 13.8. The maximum atomic E-state index is 13.5. The summed E-state index contributed by atoms with van der Waals surface area (Å²) in [6.45, 7) is 0.199. The number of anilines is 2. The Labute approximate surface area is 117 Å². The Kier molecular flexibility index (Phi) is 4.26. The maximum absolute atomic E-state index is 13.5. The molecule has 7 heteroatoms. The van der Waals surface area contributed by atoms with E-state index in [9.17, 15) is 8.78 Å². The number of nitrogens with zero attached hydrogens (tertiary/aromatic N) is 2. The van der Waals surface area contributed by atoms with E-state index in [2.05, 4.69) is 36.5 Å². The van der Waals surface area contributed by atoms with E-state index in [1.807, 2.05) is 0 Å². The zero-order valence-corrected chi connectivity index (χ0v) is 11.6. The van der Waals surface area contributed by atoms with Gasteiger partial charge in [-0.05, 0) is 22.0 Å². The lowest BCUT2D eigenvalue weighted by Crippen LogP contribution is -2.06. The topological polar surface area (TPSA) is 49.8 Å². The fourth-order valence-corrected chi connectivity index (χ4v) is 2.05. The summed E-state index contributed by atoms with van der Waals surface area (Å²) in [5.74, 6) is -0.0337. The lowest BCUT2D eigenvalue weighted by atomic mass is 10.2. The van der Waals surface area contributed by atoms with E-state index in [0.29, 0.717) is 21.7 Å². The predicted molar refractivity (Wildman–Crippen MR) is 73.0 cm³/mol. The second-order valence-electron chi connectivity index (χ2n) is 3.72. The number of aromatic nitrogens is 2. The predicted octanol–water partition coefficient (Wildman–Crippen LogP) is 3.17. The Hall–Kier alpha value is -1.76. The molecule has 100 valence electrons. The third-order valence-electron chi connectivity index (χ3n) is 2.49. The summed E-state index contributed by atoms with van der Waals surface area (Å²) in [5.41, 5.74) is 0.359. The van der Waals surface area contributed by atoms with Crippen LogP contribution in [-0.4, -0.2) is 17.0 Å². The van der Waals surface area contributed by atoms with E-state index < -0.39 is 11.6 Å². The van der Waals surface area contributed by atoms with Crippen LogP contribution >= 0.6 is 15.9 Å². The van der Waals surface area contributed by atoms with Crippen LogP contribution in [0.25, 0.3) is 0 Å². The lowest BCUT2D eigenvalue weighted by molar-refractivity contribution is 0.574. The molecule has 1 aromatic heterocycles. The molecule has 0 aliphatic heterocycles. The van der Waals surface area contributed by atoms with Crippen LogP contribution < -0.4 is 10.6 Å². The molecule has 0 amide bonds. The molecule has 0 spiro atoms. The molecule has 0 aliphatic carbocycles. The number of benzene rings is 1. The average Bonchev–Trinajstić information content (AvgIpc) is 2.39. The Balaban J connectivity index is 2.14. The number of nitrogens with one attached hydrogen (secondary N) is 2. The zero-order valence-electron chi connectivity index (χ0n) is 10.0. The minimum atomic E-state index is -0.595. The molecule has 1 heterocycles. The molecule has 2 aromatic rings. The monoisotopic (exact) mass is 328 g/mol. The summed E-state index contributed by atoms with van der Waals surface area (Å²) in [7, 11) is 1.73. The average molecular weight is 329 g/mol. The van der Waals surface area contributed by atoms with Gasteiger partial charge < -0.3 is 10.6 Å². The van der Waals surface area contributed by atoms with Gasteiger partial charge in [-0.3, -0.25) is 0 Å². The Bertz CT molecular complexity index is 592. The van der Waals surface area contributed by atoms with Crippen LogP contribution in [0.15, 0.2) is 29.0 Å². The van der Waals surface area contributed by atoms with Gasteiger partial charge in [0.25, 0.3) is 0 Å². The Morgan fingerprint density at radius 1 is 1.21 bits per heavy atom. The summed E-state index contributed by atoms with van der Waals surface area (Å²) in [5, 5.41) is 5.85. The van der Waals surface area contributed by atoms with Crippen molar-refractivity contribution in [2.75, 3.05) is 17.7 Å². The van der Waals surface area contributed by atoms with Crippen molar-refractivity contribution in [3.05, 3.63) is 46.2 Å². The first-order valence-corrected chi connectivity index (χ1v) is 6.27. The molecule has 0 fully saturated rings. The minimum absolute atomic E-state index is 0.199. The quantitative estimate of drug-likeness (QED) is 0.905. The summed E-state index contributed by atoms with van der Waals surface area (Å²) in [6.07, 6.45) is 1.39. The highest BCUT2D eigenvalue weighted by Gasteiger charge is 2.08. The normalized spacial score (nSPS) is 10.3. The molecule has 0 atom stereocenters. The van der Waals surface area contributed by atoms with Crippen molar-refractivity contribution in [3.63, 3.8) is 0 Å². The second kappa shape index (κ2) is 5.92. The van der Waals surface area contributed by atoms with Gasteiger partial charge in [-0.1, -0.05) is 6.07 Å². The van der Waals surface area contributed by atoms with Crippen LogP contribution in [0, 0.1) is 11.6 Å². The van der Waals surface area contributed by atoms with Crippen LogP contribution in [-0.2, 0) is 6.54 Å². The number of hydrogen-bond acceptors (Lipinski definition) is 4. The minimum Gasteiger partial charge on any atom is -0.372 e. The van der Waals surface area contributed by atoms with Gasteiger partial charge in [0.05, 0.1) is 0 Å². The highest BCUT2D eigenvalue weighted by Crippen LogP contribution is 2.26. The van der Waals surface area contributed by atoms with Crippen molar-refractivity contribution >= 4 is 27.6 Å². The Morgan fingerprint density at radius 2 is 1.95 bits per heavy atom. The van der Waals surface area contributed by atoms with Gasteiger partial charge in [-0.2, -0.15) is 0 Å². The number of rotatable bonds is 4. The third-order valence-corrected chi connectivity index (χ3v) is 3.24. The van der Waals surface area contributed by atoms with E-state index in [4.69, 9.17) is 0 Å². The van der Waals surface area contributed by atoms with Gasteiger partial charge >= 0.3 is 0 Å². The Morgan fingerprint density at radius 3 is 2.63 bits per heavy atom. The highest BCUT2D eigenvalue weighted by molar-refractivity contribution is 9.10. The first kappa shape index (κ1) is 13.7. The van der Waals surface area contributed by atoms with Crippen molar-refractivity contribution in [1.29, 1.82) is 0 Å². The molecule has 0 bridgehead atoms. The van der Waals surface area contributed by atoms with E-state index in [-0.39, 0.29) is 6.54 Å². The standard InChI is InChI=1S/C12H11BrF2N4/c1-16-11-10(13)12(19-6-18-11)17-5-7-2-3-8(14)4-9(7)15/h2-4,6H,5H2,1H3,(H2,16,17,18,19). The fourth-order valence-electron chi connectivity index (χ4n) is 1.51. The van der Waals surface area contributed by atoms with Gasteiger partial charge in [0, 0.05) is 25.2 Å². The van der Waals surface area contributed by atoms with E-state index in [0.717, 1.165) is 6.07 Å². The third kappa shape index (κ3) is 3.17. The number of hydrogen-bond donors (Lipinski definition) is 2. The SMILES string of the molecule is CNc1ncnc(NCc2ccc(F)cc2F)c1Br. The van der Waals surface area contributed by atoms with E-state index in [1.165, 1.54) is 18.5 Å². The second-order valence-corrected chi connectivity index (χ2v) is 4.52. The van der Waals surface area contributed by atoms with Crippen LogP contribution in [0.3, 0.4) is 0 Å². The summed E-state index contributed by atoms with van der Waals surface area (Å²) >= 11 is 3.34. The summed E-state index contributed by atoms with van der Waals surface area (Å²) < 4.78 is 26.9. The van der Waals surface area contributed by atoms with Crippen LogP contribution in [0.4, 0.5) is 20.4 Å². The smallest absolute Gasteiger partial charge is 0.146 e.